The summed E-state index contributed by atoms with van der Waals surface area (Å²) in [7, 11) is 0. The number of hydrogen-bond acceptors (Lipinski definition) is 3. The monoisotopic (exact) mass is 202 g/mol. The maximum Gasteiger partial charge on any atom is 0.0798 e. The molecule has 78 valence electrons. The standard InChI is InChI=1S/C12H14N2O/c1-9-8-13-6-5-12(9)10-3-2-4-11(7-10)14-15/h5-8,15H,2-4H2,1H3. The van der Waals surface area contributed by atoms with E-state index in [1.807, 2.05) is 25.3 Å². The van der Waals surface area contributed by atoms with Crippen molar-refractivity contribution in [3.63, 3.8) is 0 Å². The van der Waals surface area contributed by atoms with Gasteiger partial charge in [-0.1, -0.05) is 5.16 Å². The molecule has 3 nitrogen and oxygen atoms in total. The zero-order chi connectivity index (χ0) is 10.7. The molecular weight excluding hydrogens is 188 g/mol. The van der Waals surface area contributed by atoms with Crippen molar-refractivity contribution in [2.24, 2.45) is 5.16 Å². The molecule has 1 N–H and O–H groups in total. The highest BCUT2D eigenvalue weighted by Gasteiger charge is 2.12. The topological polar surface area (TPSA) is 45.5 Å². The fourth-order valence-corrected chi connectivity index (χ4v) is 1.93. The van der Waals surface area contributed by atoms with Crippen LogP contribution in [0.15, 0.2) is 29.7 Å². The van der Waals surface area contributed by atoms with Crippen LogP contribution in [-0.2, 0) is 0 Å². The Morgan fingerprint density at radius 3 is 3.00 bits per heavy atom. The Hall–Kier alpha value is -1.64. The number of rotatable bonds is 1. The van der Waals surface area contributed by atoms with Crippen molar-refractivity contribution in [1.29, 1.82) is 0 Å². The molecule has 0 bridgehead atoms. The van der Waals surface area contributed by atoms with E-state index in [0.717, 1.165) is 25.0 Å². The molecule has 0 aliphatic heterocycles. The number of aromatic nitrogens is 1. The van der Waals surface area contributed by atoms with E-state index in [1.54, 1.807) is 6.20 Å². The van der Waals surface area contributed by atoms with E-state index in [2.05, 4.69) is 10.1 Å². The van der Waals surface area contributed by atoms with Crippen LogP contribution in [0.25, 0.3) is 5.57 Å². The second-order valence-corrected chi connectivity index (χ2v) is 3.81. The molecule has 0 amide bonds. The molecule has 0 unspecified atom stereocenters. The second kappa shape index (κ2) is 4.26. The highest BCUT2D eigenvalue weighted by molar-refractivity contribution is 6.02. The summed E-state index contributed by atoms with van der Waals surface area (Å²) in [6, 6.07) is 2.02. The fourth-order valence-electron chi connectivity index (χ4n) is 1.93. The summed E-state index contributed by atoms with van der Waals surface area (Å²) in [5, 5.41) is 12.0. The predicted molar refractivity (Wildman–Crippen MR) is 60.0 cm³/mol. The minimum atomic E-state index is 0.771. The van der Waals surface area contributed by atoms with Gasteiger partial charge in [-0.25, -0.2) is 0 Å². The third-order valence-corrected chi connectivity index (χ3v) is 2.71. The van der Waals surface area contributed by atoms with E-state index in [1.165, 1.54) is 16.7 Å². The van der Waals surface area contributed by atoms with Gasteiger partial charge in [0.1, 0.15) is 0 Å². The van der Waals surface area contributed by atoms with E-state index >= 15 is 0 Å². The largest absolute Gasteiger partial charge is 0.411 e. The van der Waals surface area contributed by atoms with Crippen LogP contribution in [0.2, 0.25) is 0 Å². The molecule has 0 saturated heterocycles. The highest BCUT2D eigenvalue weighted by Crippen LogP contribution is 2.27. The van der Waals surface area contributed by atoms with Crippen LogP contribution in [0.4, 0.5) is 0 Å². The maximum atomic E-state index is 8.76. The number of hydrogen-bond donors (Lipinski definition) is 1. The van der Waals surface area contributed by atoms with Crippen molar-refractivity contribution in [2.75, 3.05) is 0 Å². The summed E-state index contributed by atoms with van der Waals surface area (Å²) in [5.74, 6) is 0. The number of oxime groups is 1. The minimum absolute atomic E-state index is 0.771. The molecule has 3 heteroatoms. The van der Waals surface area contributed by atoms with Crippen LogP contribution >= 0.6 is 0 Å². The van der Waals surface area contributed by atoms with Gasteiger partial charge in [0.15, 0.2) is 0 Å². The summed E-state index contributed by atoms with van der Waals surface area (Å²) in [4.78, 5) is 4.07. The van der Waals surface area contributed by atoms with Gasteiger partial charge in [-0.2, -0.15) is 0 Å². The van der Waals surface area contributed by atoms with Crippen molar-refractivity contribution in [1.82, 2.24) is 4.98 Å². The average Bonchev–Trinajstić information content (AvgIpc) is 2.30. The number of allylic oxidation sites excluding steroid dienone is 2. The fraction of sp³-hybridized carbons (Fsp3) is 0.333. The predicted octanol–water partition coefficient (Wildman–Crippen LogP) is 2.79. The van der Waals surface area contributed by atoms with Gasteiger partial charge in [0.25, 0.3) is 0 Å². The summed E-state index contributed by atoms with van der Waals surface area (Å²) >= 11 is 0. The normalized spacial score (nSPS) is 19.0. The third-order valence-electron chi connectivity index (χ3n) is 2.71. The Morgan fingerprint density at radius 2 is 2.27 bits per heavy atom. The molecule has 1 aromatic heterocycles. The van der Waals surface area contributed by atoms with E-state index < -0.39 is 0 Å². The summed E-state index contributed by atoms with van der Waals surface area (Å²) < 4.78 is 0. The van der Waals surface area contributed by atoms with Gasteiger partial charge >= 0.3 is 0 Å². The van der Waals surface area contributed by atoms with Crippen LogP contribution in [0.5, 0.6) is 0 Å². The van der Waals surface area contributed by atoms with E-state index in [0.29, 0.717) is 0 Å². The van der Waals surface area contributed by atoms with E-state index in [4.69, 9.17) is 5.21 Å². The van der Waals surface area contributed by atoms with Crippen molar-refractivity contribution in [3.05, 3.63) is 35.7 Å². The molecular formula is C12H14N2O. The summed E-state index contributed by atoms with van der Waals surface area (Å²) in [6.07, 6.45) is 8.60. The molecule has 15 heavy (non-hydrogen) atoms. The second-order valence-electron chi connectivity index (χ2n) is 3.81. The molecule has 0 atom stereocenters. The lowest BCUT2D eigenvalue weighted by Gasteiger charge is -2.15. The Balaban J connectivity index is 2.39. The van der Waals surface area contributed by atoms with Gasteiger partial charge in [-0.15, -0.1) is 0 Å². The first kappa shape index (κ1) is 9.90. The van der Waals surface area contributed by atoms with Gasteiger partial charge in [0, 0.05) is 12.4 Å². The molecule has 1 aromatic rings. The summed E-state index contributed by atoms with van der Waals surface area (Å²) in [6.45, 7) is 2.05. The lowest BCUT2D eigenvalue weighted by Crippen LogP contribution is -2.03. The molecule has 2 rings (SSSR count). The lowest BCUT2D eigenvalue weighted by atomic mass is 9.91. The average molecular weight is 202 g/mol. The van der Waals surface area contributed by atoms with Gasteiger partial charge in [0.2, 0.25) is 0 Å². The van der Waals surface area contributed by atoms with Crippen molar-refractivity contribution < 1.29 is 5.21 Å². The molecule has 1 aliphatic carbocycles. The first-order valence-corrected chi connectivity index (χ1v) is 5.14. The first-order valence-electron chi connectivity index (χ1n) is 5.14. The Labute approximate surface area is 89.2 Å². The molecule has 0 fully saturated rings. The van der Waals surface area contributed by atoms with Crippen LogP contribution in [0, 0.1) is 6.92 Å². The molecule has 1 heterocycles. The molecule has 1 aliphatic rings. The highest BCUT2D eigenvalue weighted by atomic mass is 16.4. The number of pyridine rings is 1. The van der Waals surface area contributed by atoms with Crippen molar-refractivity contribution in [3.8, 4) is 0 Å². The van der Waals surface area contributed by atoms with Crippen LogP contribution < -0.4 is 0 Å². The van der Waals surface area contributed by atoms with Crippen molar-refractivity contribution in [2.45, 2.75) is 26.2 Å². The van der Waals surface area contributed by atoms with Crippen LogP contribution in [-0.4, -0.2) is 15.9 Å². The number of nitrogens with zero attached hydrogens (tertiary/aromatic N) is 2. The summed E-state index contributed by atoms with van der Waals surface area (Å²) in [5.41, 5.74) is 4.40. The van der Waals surface area contributed by atoms with E-state index in [9.17, 15) is 0 Å². The third kappa shape index (κ3) is 2.06. The van der Waals surface area contributed by atoms with Gasteiger partial charge in [-0.05, 0) is 55.0 Å². The van der Waals surface area contributed by atoms with Gasteiger partial charge in [0.05, 0.1) is 5.71 Å². The van der Waals surface area contributed by atoms with Gasteiger partial charge < -0.3 is 5.21 Å². The molecule has 0 spiro atoms. The molecule has 0 aromatic carbocycles. The van der Waals surface area contributed by atoms with Crippen LogP contribution in [0.1, 0.15) is 30.4 Å². The molecule has 0 saturated carbocycles. The van der Waals surface area contributed by atoms with E-state index in [-0.39, 0.29) is 0 Å². The quantitative estimate of drug-likeness (QED) is 0.562. The SMILES string of the molecule is Cc1cnccc1C1=CC(=NO)CCC1. The first-order chi connectivity index (χ1) is 7.31. The Bertz CT molecular complexity index is 421. The number of aryl methyl sites for hydroxylation is 1. The zero-order valence-corrected chi connectivity index (χ0v) is 8.77. The lowest BCUT2D eigenvalue weighted by molar-refractivity contribution is 0.318. The minimum Gasteiger partial charge on any atom is -0.411 e. The zero-order valence-electron chi connectivity index (χ0n) is 8.77. The van der Waals surface area contributed by atoms with Crippen LogP contribution in [0.3, 0.4) is 0 Å². The maximum absolute atomic E-state index is 8.76. The molecule has 0 radical (unpaired) electrons. The Morgan fingerprint density at radius 1 is 1.40 bits per heavy atom. The van der Waals surface area contributed by atoms with Crippen molar-refractivity contribution >= 4 is 11.3 Å². The smallest absolute Gasteiger partial charge is 0.0798 e. The van der Waals surface area contributed by atoms with Gasteiger partial charge in [-0.3, -0.25) is 4.98 Å². The Kier molecular flexibility index (Phi) is 2.81.